The largest absolute Gasteiger partial charge is 0.487 e. The summed E-state index contributed by atoms with van der Waals surface area (Å²) in [6.07, 6.45) is 5.94. The molecular formula is C22H30N4O5. The summed E-state index contributed by atoms with van der Waals surface area (Å²) in [4.78, 5) is 32.6. The van der Waals surface area contributed by atoms with E-state index in [1.807, 2.05) is 27.7 Å². The second kappa shape index (κ2) is 9.03. The van der Waals surface area contributed by atoms with Gasteiger partial charge in [0.1, 0.15) is 5.60 Å². The number of hydrogen-bond donors (Lipinski definition) is 1. The molecule has 2 atom stereocenters. The molecule has 1 saturated carbocycles. The van der Waals surface area contributed by atoms with Crippen molar-refractivity contribution in [2.75, 3.05) is 0 Å². The van der Waals surface area contributed by atoms with Gasteiger partial charge in [-0.1, -0.05) is 0 Å². The molecule has 2 aromatic rings. The van der Waals surface area contributed by atoms with Crippen molar-refractivity contribution in [1.29, 1.82) is 0 Å². The predicted octanol–water partition coefficient (Wildman–Crippen LogP) is 3.09. The predicted molar refractivity (Wildman–Crippen MR) is 113 cm³/mol. The Morgan fingerprint density at radius 3 is 2.65 bits per heavy atom. The van der Waals surface area contributed by atoms with Crippen LogP contribution in [-0.4, -0.2) is 48.5 Å². The summed E-state index contributed by atoms with van der Waals surface area (Å²) >= 11 is 0. The number of carbonyl (C=O) groups is 2. The fourth-order valence-corrected chi connectivity index (χ4v) is 3.73. The number of ether oxygens (including phenoxy) is 2. The molecule has 0 amide bonds. The Balaban J connectivity index is 1.76. The summed E-state index contributed by atoms with van der Waals surface area (Å²) in [5, 5.41) is 13.5. The Hall–Kier alpha value is -2.97. The van der Waals surface area contributed by atoms with E-state index in [-0.39, 0.29) is 24.4 Å². The summed E-state index contributed by atoms with van der Waals surface area (Å²) in [6, 6.07) is 0. The summed E-state index contributed by atoms with van der Waals surface area (Å²) in [6.45, 7) is 7.30. The van der Waals surface area contributed by atoms with E-state index in [0.29, 0.717) is 41.4 Å². The molecule has 0 aromatic carbocycles. The van der Waals surface area contributed by atoms with Crippen LogP contribution in [0.25, 0.3) is 11.4 Å². The van der Waals surface area contributed by atoms with Gasteiger partial charge in [-0.3, -0.25) is 14.3 Å². The van der Waals surface area contributed by atoms with Gasteiger partial charge in [-0.25, -0.2) is 9.97 Å². The lowest BCUT2D eigenvalue weighted by Crippen LogP contribution is -2.29. The summed E-state index contributed by atoms with van der Waals surface area (Å²) in [5.41, 5.74) is 1.40. The molecule has 2 aromatic heterocycles. The average Bonchev–Trinajstić information content (AvgIpc) is 3.02. The zero-order valence-electron chi connectivity index (χ0n) is 18.7. The maximum absolute atomic E-state index is 12.3. The number of esters is 1. The van der Waals surface area contributed by atoms with Gasteiger partial charge in [-0.15, -0.1) is 0 Å². The number of carbonyl (C=O) groups excluding carboxylic acids is 1. The molecular weight excluding hydrogens is 400 g/mol. The van der Waals surface area contributed by atoms with E-state index >= 15 is 0 Å². The van der Waals surface area contributed by atoms with Crippen molar-refractivity contribution in [3.8, 4) is 17.1 Å². The van der Waals surface area contributed by atoms with Gasteiger partial charge in [0.2, 0.25) is 0 Å². The summed E-state index contributed by atoms with van der Waals surface area (Å²) in [5.74, 6) is -0.504. The minimum absolute atomic E-state index is 0.0579. The van der Waals surface area contributed by atoms with E-state index in [0.717, 1.165) is 12.8 Å². The number of hydrogen-bond acceptors (Lipinski definition) is 7. The van der Waals surface area contributed by atoms with Crippen molar-refractivity contribution in [1.82, 2.24) is 19.7 Å². The monoisotopic (exact) mass is 430 g/mol. The Morgan fingerprint density at radius 1 is 1.26 bits per heavy atom. The average molecular weight is 431 g/mol. The van der Waals surface area contributed by atoms with Gasteiger partial charge in [-0.2, -0.15) is 5.10 Å². The first kappa shape index (κ1) is 22.7. The van der Waals surface area contributed by atoms with Crippen LogP contribution in [0.1, 0.15) is 57.8 Å². The van der Waals surface area contributed by atoms with Crippen LogP contribution in [0, 0.1) is 12.8 Å². The van der Waals surface area contributed by atoms with Gasteiger partial charge >= 0.3 is 11.9 Å². The molecule has 9 nitrogen and oxygen atoms in total. The lowest BCUT2D eigenvalue weighted by Gasteiger charge is -2.27. The number of nitrogens with zero attached hydrogens (tertiary/aromatic N) is 4. The lowest BCUT2D eigenvalue weighted by atomic mass is 9.87. The van der Waals surface area contributed by atoms with E-state index in [9.17, 15) is 14.7 Å². The minimum atomic E-state index is -0.772. The first-order valence-corrected chi connectivity index (χ1v) is 10.5. The van der Waals surface area contributed by atoms with Crippen LogP contribution in [0.4, 0.5) is 0 Å². The molecule has 3 rings (SSSR count). The molecule has 0 bridgehead atoms. The van der Waals surface area contributed by atoms with Crippen LogP contribution in [0.3, 0.4) is 0 Å². The molecule has 0 radical (unpaired) electrons. The quantitative estimate of drug-likeness (QED) is 0.695. The second-order valence-corrected chi connectivity index (χ2v) is 8.98. The number of aromatic nitrogens is 4. The Bertz CT molecular complexity index is 963. The van der Waals surface area contributed by atoms with Gasteiger partial charge < -0.3 is 14.6 Å². The highest BCUT2D eigenvalue weighted by molar-refractivity contribution is 5.75. The van der Waals surface area contributed by atoms with Gasteiger partial charge in [0.15, 0.2) is 11.6 Å². The van der Waals surface area contributed by atoms with Crippen LogP contribution in [0.5, 0.6) is 5.75 Å². The van der Waals surface area contributed by atoms with E-state index in [1.54, 1.807) is 24.1 Å². The van der Waals surface area contributed by atoms with Crippen molar-refractivity contribution < 1.29 is 24.2 Å². The zero-order chi connectivity index (χ0) is 22.8. The Kier molecular flexibility index (Phi) is 6.62. The topological polar surface area (TPSA) is 116 Å². The second-order valence-electron chi connectivity index (χ2n) is 8.98. The number of rotatable bonds is 6. The van der Waals surface area contributed by atoms with Gasteiger partial charge in [0.25, 0.3) is 0 Å². The molecule has 1 N–H and O–H groups in total. The third-order valence-electron chi connectivity index (χ3n) is 5.24. The van der Waals surface area contributed by atoms with Crippen molar-refractivity contribution in [2.24, 2.45) is 13.0 Å². The van der Waals surface area contributed by atoms with Crippen LogP contribution in [0.2, 0.25) is 0 Å². The van der Waals surface area contributed by atoms with Crippen molar-refractivity contribution in [3.05, 3.63) is 23.8 Å². The number of aliphatic carboxylic acids is 1. The highest BCUT2D eigenvalue weighted by atomic mass is 16.6. The van der Waals surface area contributed by atoms with Crippen molar-refractivity contribution in [3.63, 3.8) is 0 Å². The summed E-state index contributed by atoms with van der Waals surface area (Å²) < 4.78 is 13.1. The highest BCUT2D eigenvalue weighted by Crippen LogP contribution is 2.30. The number of carboxylic acids is 1. The van der Waals surface area contributed by atoms with Crippen LogP contribution in [-0.2, 0) is 27.8 Å². The lowest BCUT2D eigenvalue weighted by molar-refractivity contribution is -0.154. The van der Waals surface area contributed by atoms with E-state index in [2.05, 4.69) is 15.1 Å². The summed E-state index contributed by atoms with van der Waals surface area (Å²) in [7, 11) is 1.76. The third kappa shape index (κ3) is 5.80. The van der Waals surface area contributed by atoms with Crippen LogP contribution < -0.4 is 4.74 Å². The fraction of sp³-hybridized carbons (Fsp3) is 0.591. The molecule has 0 saturated heterocycles. The molecule has 168 valence electrons. The Labute approximate surface area is 181 Å². The molecule has 31 heavy (non-hydrogen) atoms. The van der Waals surface area contributed by atoms with Crippen LogP contribution in [0.15, 0.2) is 12.4 Å². The molecule has 2 heterocycles. The molecule has 1 fully saturated rings. The van der Waals surface area contributed by atoms with E-state index < -0.39 is 11.6 Å². The fourth-order valence-electron chi connectivity index (χ4n) is 3.73. The molecule has 0 spiro atoms. The van der Waals surface area contributed by atoms with Crippen molar-refractivity contribution in [2.45, 2.75) is 71.5 Å². The normalized spacial score (nSPS) is 19.1. The first-order chi connectivity index (χ1) is 14.5. The maximum atomic E-state index is 12.3. The van der Waals surface area contributed by atoms with Gasteiger partial charge in [0, 0.05) is 7.05 Å². The maximum Gasteiger partial charge on any atom is 0.312 e. The first-order valence-electron chi connectivity index (χ1n) is 10.5. The molecule has 0 unspecified atom stereocenters. The zero-order valence-corrected chi connectivity index (χ0v) is 18.7. The van der Waals surface area contributed by atoms with Gasteiger partial charge in [0.05, 0.1) is 47.8 Å². The van der Waals surface area contributed by atoms with E-state index in [1.165, 1.54) is 0 Å². The molecule has 0 aliphatic heterocycles. The third-order valence-corrected chi connectivity index (χ3v) is 5.24. The molecule has 9 heteroatoms. The van der Waals surface area contributed by atoms with Crippen molar-refractivity contribution >= 4 is 11.9 Å². The number of aryl methyl sites for hydroxylation is 2. The SMILES string of the molecule is Cc1nc(-c2cnn(C)c2CC(=O)OC(C)(C)C)ncc1O[C@H]1CCC[C@H](C(=O)O)C1. The smallest absolute Gasteiger partial charge is 0.312 e. The van der Waals surface area contributed by atoms with Gasteiger partial charge in [-0.05, 0) is 53.4 Å². The highest BCUT2D eigenvalue weighted by Gasteiger charge is 2.29. The molecule has 1 aliphatic rings. The minimum Gasteiger partial charge on any atom is -0.487 e. The Morgan fingerprint density at radius 2 is 2.00 bits per heavy atom. The van der Waals surface area contributed by atoms with E-state index in [4.69, 9.17) is 9.47 Å². The molecule has 1 aliphatic carbocycles. The number of carboxylic acid groups (broad SMARTS) is 1. The standard InChI is InChI=1S/C22H30N4O5/c1-13-18(30-15-8-6-7-14(9-15)21(28)29)12-23-20(25-13)16-11-24-26(5)17(16)10-19(27)31-22(2,3)4/h11-12,14-15H,6-10H2,1-5H3,(H,28,29)/t14-,15-/m0/s1. The van der Waals surface area contributed by atoms with Crippen LogP contribution >= 0.6 is 0 Å².